The van der Waals surface area contributed by atoms with Crippen LogP contribution in [-0.2, 0) is 16.1 Å². The van der Waals surface area contributed by atoms with Gasteiger partial charge in [0.15, 0.2) is 0 Å². The lowest BCUT2D eigenvalue weighted by molar-refractivity contribution is -0.139. The first-order chi connectivity index (χ1) is 20.0. The largest absolute Gasteiger partial charge is 0.463 e. The summed E-state index contributed by atoms with van der Waals surface area (Å²) in [6, 6.07) is 10.7. The van der Waals surface area contributed by atoms with E-state index in [9.17, 15) is 36.7 Å². The molecule has 13 heteroatoms. The normalized spacial score (nSPS) is 15.0. The van der Waals surface area contributed by atoms with Gasteiger partial charge < -0.3 is 20.3 Å². The fourth-order valence-corrected chi connectivity index (χ4v) is 4.34. The standard InChI is InChI=1S/C29H24F4N4O5/c1-2-42-27(40)23-22(35-28(41)36-24(23)20-6-3-7-21(30)13-20)16-37(15-17-5-4-12-34-14-17)26(39)19-10-8-18(9-11-19)25(38)29(31,32)33/h3-14,24H,2,15-16H2,1H3,(H2,35,36,41)/t24-/m1/s1. The van der Waals surface area contributed by atoms with Gasteiger partial charge in [-0.3, -0.25) is 14.6 Å². The molecule has 2 aromatic carbocycles. The molecule has 0 bridgehead atoms. The molecule has 1 aliphatic heterocycles. The van der Waals surface area contributed by atoms with Gasteiger partial charge in [0.05, 0.1) is 30.5 Å². The molecule has 0 radical (unpaired) electrons. The molecule has 2 heterocycles. The van der Waals surface area contributed by atoms with E-state index in [0.29, 0.717) is 5.56 Å². The first-order valence-electron chi connectivity index (χ1n) is 12.6. The third kappa shape index (κ3) is 6.97. The number of hydrogen-bond acceptors (Lipinski definition) is 6. The molecule has 9 nitrogen and oxygen atoms in total. The van der Waals surface area contributed by atoms with Crippen molar-refractivity contribution in [2.45, 2.75) is 25.7 Å². The SMILES string of the molecule is CCOC(=O)C1=C(CN(Cc2cccnc2)C(=O)c2ccc(C(=O)C(F)(F)F)cc2)NC(=O)N[C@@H]1c1cccc(F)c1. The molecule has 42 heavy (non-hydrogen) atoms. The molecule has 0 aliphatic carbocycles. The highest BCUT2D eigenvalue weighted by Gasteiger charge is 2.39. The number of carbonyl (C=O) groups is 4. The van der Waals surface area contributed by atoms with Crippen molar-refractivity contribution in [3.05, 3.63) is 112 Å². The molecule has 218 valence electrons. The number of benzene rings is 2. The zero-order valence-electron chi connectivity index (χ0n) is 22.1. The summed E-state index contributed by atoms with van der Waals surface area (Å²) in [6.45, 7) is 1.13. The molecular formula is C29H24F4N4O5. The maximum atomic E-state index is 14.1. The molecule has 1 aliphatic rings. The van der Waals surface area contributed by atoms with Crippen molar-refractivity contribution in [3.63, 3.8) is 0 Å². The Hall–Kier alpha value is -5.07. The Morgan fingerprint density at radius 2 is 1.71 bits per heavy atom. The van der Waals surface area contributed by atoms with E-state index >= 15 is 0 Å². The quantitative estimate of drug-likeness (QED) is 0.218. The van der Waals surface area contributed by atoms with E-state index in [-0.39, 0.29) is 42.1 Å². The molecule has 1 aromatic heterocycles. The van der Waals surface area contributed by atoms with Gasteiger partial charge >= 0.3 is 18.2 Å². The second-order valence-corrected chi connectivity index (χ2v) is 9.13. The maximum absolute atomic E-state index is 14.1. The molecule has 0 spiro atoms. The number of amides is 3. The molecule has 0 saturated carbocycles. The minimum atomic E-state index is -5.08. The van der Waals surface area contributed by atoms with Gasteiger partial charge in [-0.1, -0.05) is 30.3 Å². The number of ether oxygens (including phenoxy) is 1. The van der Waals surface area contributed by atoms with Gasteiger partial charge in [-0.05, 0) is 48.4 Å². The van der Waals surface area contributed by atoms with Crippen molar-refractivity contribution < 1.29 is 41.5 Å². The number of rotatable bonds is 9. The highest BCUT2D eigenvalue weighted by atomic mass is 19.4. The van der Waals surface area contributed by atoms with Crippen molar-refractivity contribution in [3.8, 4) is 0 Å². The zero-order valence-corrected chi connectivity index (χ0v) is 22.1. The lowest BCUT2D eigenvalue weighted by Gasteiger charge is -2.32. The molecule has 3 amide bonds. The monoisotopic (exact) mass is 584 g/mol. The second kappa shape index (κ2) is 12.6. The third-order valence-electron chi connectivity index (χ3n) is 6.21. The number of Topliss-reactive ketones (excluding diaryl/α,β-unsaturated/α-hetero) is 1. The van der Waals surface area contributed by atoms with E-state index in [1.807, 2.05) is 0 Å². The van der Waals surface area contributed by atoms with Gasteiger partial charge in [-0.15, -0.1) is 0 Å². The number of esters is 1. The van der Waals surface area contributed by atoms with Crippen LogP contribution in [0.1, 0.15) is 44.8 Å². The summed E-state index contributed by atoms with van der Waals surface area (Å²) >= 11 is 0. The smallest absolute Gasteiger partial charge is 0.454 e. The Kier molecular flexibility index (Phi) is 8.99. The summed E-state index contributed by atoms with van der Waals surface area (Å²) in [5, 5.41) is 5.12. The van der Waals surface area contributed by atoms with Crippen LogP contribution in [0.2, 0.25) is 0 Å². The van der Waals surface area contributed by atoms with E-state index in [1.54, 1.807) is 19.1 Å². The van der Waals surface area contributed by atoms with Crippen LogP contribution in [0.5, 0.6) is 0 Å². The van der Waals surface area contributed by atoms with Crippen LogP contribution in [0.4, 0.5) is 22.4 Å². The van der Waals surface area contributed by atoms with Crippen LogP contribution in [0, 0.1) is 5.82 Å². The number of alkyl halides is 3. The number of aromatic nitrogens is 1. The number of halogens is 4. The Balaban J connectivity index is 1.76. The molecular weight excluding hydrogens is 560 g/mol. The minimum absolute atomic E-state index is 0.00688. The first kappa shape index (κ1) is 29.9. The van der Waals surface area contributed by atoms with E-state index in [4.69, 9.17) is 4.74 Å². The van der Waals surface area contributed by atoms with Gasteiger partial charge in [0.1, 0.15) is 5.82 Å². The van der Waals surface area contributed by atoms with Gasteiger partial charge in [0.25, 0.3) is 11.7 Å². The second-order valence-electron chi connectivity index (χ2n) is 9.13. The summed E-state index contributed by atoms with van der Waals surface area (Å²) in [7, 11) is 0. The highest BCUT2D eigenvalue weighted by molar-refractivity contribution is 6.02. The lowest BCUT2D eigenvalue weighted by atomic mass is 9.94. The van der Waals surface area contributed by atoms with E-state index in [0.717, 1.165) is 30.3 Å². The molecule has 0 unspecified atom stereocenters. The summed E-state index contributed by atoms with van der Waals surface area (Å²) in [5.74, 6) is -4.17. The van der Waals surface area contributed by atoms with E-state index < -0.39 is 47.3 Å². The number of nitrogens with zero attached hydrogens (tertiary/aromatic N) is 2. The van der Waals surface area contributed by atoms with Crippen molar-refractivity contribution in [2.24, 2.45) is 0 Å². The maximum Gasteiger partial charge on any atom is 0.454 e. The molecule has 0 fully saturated rings. The molecule has 3 aromatic rings. The Morgan fingerprint density at radius 1 is 1.00 bits per heavy atom. The van der Waals surface area contributed by atoms with Gasteiger partial charge in [-0.2, -0.15) is 13.2 Å². The summed E-state index contributed by atoms with van der Waals surface area (Å²) < 4.78 is 57.9. The molecule has 4 rings (SSSR count). The third-order valence-corrected chi connectivity index (χ3v) is 6.21. The topological polar surface area (TPSA) is 118 Å². The van der Waals surface area contributed by atoms with E-state index in [1.165, 1.54) is 35.5 Å². The summed E-state index contributed by atoms with van der Waals surface area (Å²) in [6.07, 6.45) is -2.08. The molecule has 0 saturated heterocycles. The predicted molar refractivity (Wildman–Crippen MR) is 140 cm³/mol. The van der Waals surface area contributed by atoms with Gasteiger partial charge in [-0.25, -0.2) is 14.0 Å². The number of nitrogens with one attached hydrogen (secondary N) is 2. The molecule has 2 N–H and O–H groups in total. The van der Waals surface area contributed by atoms with E-state index in [2.05, 4.69) is 15.6 Å². The van der Waals surface area contributed by atoms with Crippen LogP contribution < -0.4 is 10.6 Å². The number of urea groups is 1. The average Bonchev–Trinajstić information content (AvgIpc) is 2.96. The van der Waals surface area contributed by atoms with Crippen LogP contribution in [0.15, 0.2) is 84.3 Å². The van der Waals surface area contributed by atoms with Crippen LogP contribution in [-0.4, -0.2) is 52.9 Å². The predicted octanol–water partition coefficient (Wildman–Crippen LogP) is 4.48. The number of hydrogen-bond donors (Lipinski definition) is 2. The summed E-state index contributed by atoms with van der Waals surface area (Å²) in [5.41, 5.74) is 0.0340. The lowest BCUT2D eigenvalue weighted by Crippen LogP contribution is -2.49. The Labute approximate surface area is 237 Å². The summed E-state index contributed by atoms with van der Waals surface area (Å²) in [4.78, 5) is 56.4. The van der Waals surface area contributed by atoms with Crippen LogP contribution >= 0.6 is 0 Å². The van der Waals surface area contributed by atoms with Crippen molar-refractivity contribution in [1.82, 2.24) is 20.5 Å². The Morgan fingerprint density at radius 3 is 2.33 bits per heavy atom. The van der Waals surface area contributed by atoms with Crippen molar-refractivity contribution in [1.29, 1.82) is 0 Å². The first-order valence-corrected chi connectivity index (χ1v) is 12.6. The molecule has 1 atom stereocenters. The van der Waals surface area contributed by atoms with Crippen LogP contribution in [0.3, 0.4) is 0 Å². The van der Waals surface area contributed by atoms with Crippen LogP contribution in [0.25, 0.3) is 0 Å². The fraction of sp³-hybridized carbons (Fsp3) is 0.207. The number of ketones is 1. The zero-order chi connectivity index (χ0) is 30.4. The highest BCUT2D eigenvalue weighted by Crippen LogP contribution is 2.29. The van der Waals surface area contributed by atoms with Gasteiger partial charge in [0, 0.05) is 30.1 Å². The van der Waals surface area contributed by atoms with Gasteiger partial charge in [0.2, 0.25) is 0 Å². The number of carbonyl (C=O) groups excluding carboxylic acids is 4. The average molecular weight is 585 g/mol. The van der Waals surface area contributed by atoms with Crippen molar-refractivity contribution >= 4 is 23.7 Å². The van der Waals surface area contributed by atoms with Crippen molar-refractivity contribution in [2.75, 3.05) is 13.2 Å². The Bertz CT molecular complexity index is 1520. The fourth-order valence-electron chi connectivity index (χ4n) is 4.34. The number of pyridine rings is 1. The minimum Gasteiger partial charge on any atom is -0.463 e.